The Morgan fingerprint density at radius 2 is 1.67 bits per heavy atom. The van der Waals surface area contributed by atoms with Gasteiger partial charge in [0.2, 0.25) is 0 Å². The summed E-state index contributed by atoms with van der Waals surface area (Å²) in [6, 6.07) is 2.91. The van der Waals surface area contributed by atoms with Crippen molar-refractivity contribution in [2.24, 2.45) is 0 Å². The van der Waals surface area contributed by atoms with Crippen molar-refractivity contribution in [1.82, 2.24) is 0 Å². The van der Waals surface area contributed by atoms with Crippen LogP contribution in [0.1, 0.15) is 79.5 Å². The van der Waals surface area contributed by atoms with Gasteiger partial charge < -0.3 is 9.84 Å². The van der Waals surface area contributed by atoms with Gasteiger partial charge in [-0.3, -0.25) is 4.55 Å². The van der Waals surface area contributed by atoms with E-state index in [1.54, 1.807) is 0 Å². The fraction of sp³-hybridized carbons (Fsp3) is 0.556. The number of aromatic carboxylic acids is 1. The Balaban J connectivity index is 0.00000676. The summed E-state index contributed by atoms with van der Waals surface area (Å²) in [7, 11) is -4.77. The fourth-order valence-corrected chi connectivity index (χ4v) is 3.27. The van der Waals surface area contributed by atoms with Gasteiger partial charge in [-0.1, -0.05) is 39.5 Å². The molecular formula is C18H27NaO7S. The molecule has 1 atom stereocenters. The van der Waals surface area contributed by atoms with E-state index in [-0.39, 0.29) is 46.8 Å². The van der Waals surface area contributed by atoms with Gasteiger partial charge >= 0.3 is 41.5 Å². The van der Waals surface area contributed by atoms with Crippen molar-refractivity contribution < 1.29 is 32.4 Å². The van der Waals surface area contributed by atoms with E-state index >= 15 is 0 Å². The van der Waals surface area contributed by atoms with Crippen molar-refractivity contribution in [2.75, 3.05) is 0 Å². The first-order valence-corrected chi connectivity index (χ1v) is 10.2. The van der Waals surface area contributed by atoms with Gasteiger partial charge in [-0.2, -0.15) is 8.42 Å². The number of carboxylic acids is 1. The molecule has 0 aliphatic heterocycles. The third-order valence-electron chi connectivity index (χ3n) is 4.01. The summed E-state index contributed by atoms with van der Waals surface area (Å²) in [5.74, 6) is -2.25. The second kappa shape index (κ2) is 12.5. The molecule has 0 fully saturated rings. The first kappa shape index (κ1) is 26.1. The van der Waals surface area contributed by atoms with Gasteiger partial charge in [0.1, 0.15) is 11.0 Å². The number of esters is 1. The zero-order valence-electron chi connectivity index (χ0n) is 15.1. The summed E-state index contributed by atoms with van der Waals surface area (Å²) in [5.41, 5.74) is -0.714. The Morgan fingerprint density at radius 3 is 2.19 bits per heavy atom. The number of ether oxygens (including phenoxy) is 1. The Hall–Kier alpha value is -0.930. The molecule has 1 rings (SSSR count). The van der Waals surface area contributed by atoms with Crippen LogP contribution in [0.3, 0.4) is 0 Å². The minimum atomic E-state index is -4.77. The van der Waals surface area contributed by atoms with Crippen molar-refractivity contribution in [3.63, 3.8) is 0 Å². The summed E-state index contributed by atoms with van der Waals surface area (Å²) < 4.78 is 37.9. The third-order valence-corrected chi connectivity index (χ3v) is 4.90. The van der Waals surface area contributed by atoms with Crippen molar-refractivity contribution >= 4 is 51.6 Å². The van der Waals surface area contributed by atoms with Crippen molar-refractivity contribution in [3.8, 4) is 0 Å². The molecule has 0 radical (unpaired) electrons. The van der Waals surface area contributed by atoms with Gasteiger partial charge in [0.05, 0.1) is 11.1 Å². The number of carbonyl (C=O) groups is 2. The van der Waals surface area contributed by atoms with Gasteiger partial charge in [0.25, 0.3) is 10.1 Å². The average Bonchev–Trinajstić information content (AvgIpc) is 2.58. The number of unbranched alkanes of at least 4 members (excludes halogenated alkanes) is 3. The summed E-state index contributed by atoms with van der Waals surface area (Å²) >= 11 is 0. The second-order valence-corrected chi connectivity index (χ2v) is 7.55. The summed E-state index contributed by atoms with van der Waals surface area (Å²) in [5, 5.41) is 8.97. The second-order valence-electron chi connectivity index (χ2n) is 6.16. The van der Waals surface area contributed by atoms with E-state index < -0.39 is 27.0 Å². The van der Waals surface area contributed by atoms with Crippen LogP contribution >= 0.6 is 0 Å². The van der Waals surface area contributed by atoms with Crippen molar-refractivity contribution in [2.45, 2.75) is 69.8 Å². The number of rotatable bonds is 11. The first-order valence-electron chi connectivity index (χ1n) is 8.76. The Bertz CT molecular complexity index is 731. The van der Waals surface area contributed by atoms with Crippen LogP contribution in [0.15, 0.2) is 23.1 Å². The molecular weight excluding hydrogens is 383 g/mol. The first-order chi connectivity index (χ1) is 12.2. The van der Waals surface area contributed by atoms with E-state index in [0.29, 0.717) is 12.8 Å². The molecule has 9 heteroatoms. The molecule has 0 saturated heterocycles. The maximum atomic E-state index is 12.5. The molecule has 1 aromatic carbocycles. The van der Waals surface area contributed by atoms with Crippen LogP contribution in [0.2, 0.25) is 0 Å². The maximum absolute atomic E-state index is 12.5. The Kier molecular flexibility index (Phi) is 12.1. The molecule has 0 aromatic heterocycles. The van der Waals surface area contributed by atoms with Gasteiger partial charge in [0, 0.05) is 0 Å². The molecule has 0 aliphatic carbocycles. The van der Waals surface area contributed by atoms with Crippen molar-refractivity contribution in [1.29, 1.82) is 0 Å². The standard InChI is InChI=1S/C18H26O7S.Na.H/c1-3-5-7-9-14(8-6-4-2)25-18(21)15-11-10-13(17(19)20)12-16(15)26(22,23)24;;/h10-12,14H,3-9H2,1-2H3,(H,19,20)(H,22,23,24);;. The molecule has 0 aliphatic rings. The van der Waals surface area contributed by atoms with Crippen molar-refractivity contribution in [3.05, 3.63) is 29.3 Å². The number of hydrogen-bond donors (Lipinski definition) is 2. The minimum absolute atomic E-state index is 0. The molecule has 148 valence electrons. The van der Waals surface area contributed by atoms with Crippen LogP contribution in [-0.2, 0) is 14.9 Å². The zero-order valence-corrected chi connectivity index (χ0v) is 15.9. The topological polar surface area (TPSA) is 118 Å². The SMILES string of the molecule is CCCCCC(CCCC)OC(=O)c1ccc(C(=O)O)cc1S(=O)(=O)O.[NaH]. The molecule has 2 N–H and O–H groups in total. The fourth-order valence-electron chi connectivity index (χ4n) is 2.57. The predicted octanol–water partition coefficient (Wildman–Crippen LogP) is 3.28. The number of carboxylic acid groups (broad SMARTS) is 1. The van der Waals surface area contributed by atoms with Gasteiger partial charge in [-0.05, 0) is 37.5 Å². The van der Waals surface area contributed by atoms with E-state index in [1.807, 2.05) is 6.92 Å². The molecule has 0 heterocycles. The van der Waals surface area contributed by atoms with Crippen LogP contribution in [0, 0.1) is 0 Å². The van der Waals surface area contributed by atoms with Crippen LogP contribution in [0.25, 0.3) is 0 Å². The zero-order chi connectivity index (χ0) is 19.7. The summed E-state index contributed by atoms with van der Waals surface area (Å²) in [4.78, 5) is 22.7. The van der Waals surface area contributed by atoms with Crippen LogP contribution in [-0.4, -0.2) is 65.7 Å². The molecule has 7 nitrogen and oxygen atoms in total. The molecule has 0 saturated carbocycles. The summed E-state index contributed by atoms with van der Waals surface area (Å²) in [6.45, 7) is 4.08. The average molecular weight is 410 g/mol. The van der Waals surface area contributed by atoms with E-state index in [1.165, 1.54) is 0 Å². The Labute approximate surface area is 182 Å². The Morgan fingerprint density at radius 1 is 1.07 bits per heavy atom. The third kappa shape index (κ3) is 8.74. The molecule has 0 bridgehead atoms. The monoisotopic (exact) mass is 410 g/mol. The summed E-state index contributed by atoms with van der Waals surface area (Å²) in [6.07, 6.45) is 5.72. The van der Waals surface area contributed by atoms with Crippen LogP contribution in [0.5, 0.6) is 0 Å². The molecule has 1 aromatic rings. The number of hydrogen-bond acceptors (Lipinski definition) is 5. The molecule has 0 spiro atoms. The van der Waals surface area contributed by atoms with E-state index in [0.717, 1.165) is 50.3 Å². The molecule has 0 amide bonds. The number of carbonyl (C=O) groups excluding carboxylic acids is 1. The molecule has 1 unspecified atom stereocenters. The van der Waals surface area contributed by atoms with Gasteiger partial charge in [0.15, 0.2) is 0 Å². The quantitative estimate of drug-likeness (QED) is 0.249. The predicted molar refractivity (Wildman–Crippen MR) is 103 cm³/mol. The van der Waals surface area contributed by atoms with Gasteiger partial charge in [-0.25, -0.2) is 9.59 Å². The molecule has 27 heavy (non-hydrogen) atoms. The van der Waals surface area contributed by atoms with E-state index in [4.69, 9.17) is 9.84 Å². The normalized spacial score (nSPS) is 12.1. The van der Waals surface area contributed by atoms with E-state index in [2.05, 4.69) is 6.92 Å². The number of benzene rings is 1. The van der Waals surface area contributed by atoms with Gasteiger partial charge in [-0.15, -0.1) is 0 Å². The van der Waals surface area contributed by atoms with Crippen LogP contribution in [0.4, 0.5) is 0 Å². The van der Waals surface area contributed by atoms with Crippen LogP contribution < -0.4 is 0 Å². The van der Waals surface area contributed by atoms with E-state index in [9.17, 15) is 22.6 Å².